The van der Waals surface area contributed by atoms with Crippen LogP contribution in [0.15, 0.2) is 17.8 Å². The lowest BCUT2D eigenvalue weighted by molar-refractivity contribution is -0.0401. The Bertz CT molecular complexity index is 1280. The molecule has 7 N–H and O–H groups in total. The van der Waals surface area contributed by atoms with Crippen LogP contribution in [-0.2, 0) is 27.3 Å². The molecule has 0 saturated carbocycles. The first-order valence-electron chi connectivity index (χ1n) is 9.02. The third-order valence-corrected chi connectivity index (χ3v) is 10.9. The number of hydrogen-bond donors (Lipinski definition) is 6. The molecule has 2 unspecified atom stereocenters. The van der Waals surface area contributed by atoms with Crippen molar-refractivity contribution in [1.29, 1.82) is 0 Å². The Balaban J connectivity index is 1.79. The van der Waals surface area contributed by atoms with Crippen LogP contribution >= 0.6 is 23.0 Å². The number of fused-ring (bicyclic) bond motifs is 1. The number of ether oxygens (including phenoxy) is 1. The summed E-state index contributed by atoms with van der Waals surface area (Å²) in [6.07, 6.45) is -0.933. The summed E-state index contributed by atoms with van der Waals surface area (Å²) < 4.78 is 51.7. The van der Waals surface area contributed by atoms with Gasteiger partial charge in [0.1, 0.15) is 24.2 Å². The van der Waals surface area contributed by atoms with E-state index in [9.17, 15) is 28.6 Å². The van der Waals surface area contributed by atoms with Gasteiger partial charge in [-0.15, -0.1) is 0 Å². The van der Waals surface area contributed by atoms with Crippen molar-refractivity contribution in [2.24, 2.45) is 5.11 Å². The molecule has 1 aliphatic heterocycles. The van der Waals surface area contributed by atoms with Crippen molar-refractivity contribution in [2.45, 2.75) is 36.8 Å². The van der Waals surface area contributed by atoms with Crippen molar-refractivity contribution in [3.8, 4) is 0 Å². The molecule has 3 rings (SSSR count). The first kappa shape index (κ1) is 26.6. The number of aromatic nitrogens is 4. The molecule has 0 aliphatic carbocycles. The van der Waals surface area contributed by atoms with Gasteiger partial charge in [-0.05, 0) is 12.5 Å². The number of hydrogen-bond acceptors (Lipinski definition) is 12. The van der Waals surface area contributed by atoms with Gasteiger partial charge in [0.2, 0.25) is 5.02 Å². The van der Waals surface area contributed by atoms with E-state index in [1.807, 2.05) is 0 Å². The van der Waals surface area contributed by atoms with Crippen molar-refractivity contribution < 1.29 is 51.9 Å². The molecule has 1 fully saturated rings. The molecule has 3 heterocycles. The van der Waals surface area contributed by atoms with Crippen LogP contribution in [-0.4, -0.2) is 68.0 Å². The number of nitrogen functional groups attached to an aromatic ring is 1. The Morgan fingerprint density at radius 3 is 2.59 bits per heavy atom. The van der Waals surface area contributed by atoms with Crippen molar-refractivity contribution >= 4 is 40.0 Å². The first-order chi connectivity index (χ1) is 15.6. The second-order valence-corrected chi connectivity index (χ2v) is 13.2. The third-order valence-electron chi connectivity index (χ3n) is 4.84. The molecule has 0 bridgehead atoms. The second-order valence-electron chi connectivity index (χ2n) is 7.08. The maximum Gasteiger partial charge on any atom is 0.476 e. The number of nitrogens with zero attached hydrogens (tertiary/aromatic N) is 7. The highest BCUT2D eigenvalue weighted by molar-refractivity contribution is 7.76. The maximum atomic E-state index is 12.8. The molecule has 19 nitrogen and oxygen atoms in total. The van der Waals surface area contributed by atoms with E-state index >= 15 is 0 Å². The lowest BCUT2D eigenvalue weighted by atomic mass is 10.2. The standard InChI is InChI=1S/C12H19N8O11P3/c1-12(18-19-14,33(24,25)31-34(26,27)28)32(22,23)29-3-7-6(21)2-8(30-7)20-5-17-9-10(13)15-4-16-11(9)20/h4-8,21H,2-3H2,1H3,(H,22,23)(H,24,25)(H2,13,15,16)(H2,26,27,28)/t6-,7+,8+,12+/m0/s1. The summed E-state index contributed by atoms with van der Waals surface area (Å²) in [4.78, 5) is 52.0. The lowest BCUT2D eigenvalue weighted by Gasteiger charge is -2.32. The van der Waals surface area contributed by atoms with E-state index in [-0.39, 0.29) is 23.4 Å². The number of anilines is 1. The van der Waals surface area contributed by atoms with Gasteiger partial charge in [-0.1, -0.05) is 5.11 Å². The minimum Gasteiger partial charge on any atom is -0.390 e. The highest BCUT2D eigenvalue weighted by atomic mass is 31.3. The molecular weight excluding hydrogens is 525 g/mol. The van der Waals surface area contributed by atoms with Gasteiger partial charge in [0, 0.05) is 11.3 Å². The van der Waals surface area contributed by atoms with E-state index in [1.165, 1.54) is 17.2 Å². The highest BCUT2D eigenvalue weighted by Crippen LogP contribution is 2.77. The summed E-state index contributed by atoms with van der Waals surface area (Å²) in [7, 11) is -17.0. The number of rotatable bonds is 9. The Morgan fingerprint density at radius 1 is 1.29 bits per heavy atom. The van der Waals surface area contributed by atoms with Crippen LogP contribution in [0.4, 0.5) is 5.82 Å². The van der Waals surface area contributed by atoms with Gasteiger partial charge in [0.25, 0.3) is 0 Å². The summed E-state index contributed by atoms with van der Waals surface area (Å²) in [5.41, 5.74) is 15.0. The topological polar surface area (TPSA) is 298 Å². The number of imidazole rings is 1. The summed E-state index contributed by atoms with van der Waals surface area (Å²) in [6.45, 7) is -0.415. The van der Waals surface area contributed by atoms with Gasteiger partial charge in [-0.3, -0.25) is 13.7 Å². The van der Waals surface area contributed by atoms with Gasteiger partial charge in [0.15, 0.2) is 11.5 Å². The number of azide groups is 1. The SMILES string of the molecule is C[C@@](N=[N+]=[N-])(P(=O)(O)OC[C@H]1O[C@@H](n2cnc3c(N)ncnc32)C[C@@H]1O)P(=O)(O)OP(=O)(O)O. The summed E-state index contributed by atoms with van der Waals surface area (Å²) >= 11 is 0. The first-order valence-corrected chi connectivity index (χ1v) is 13.7. The number of aliphatic hydroxyl groups is 1. The van der Waals surface area contributed by atoms with Crippen LogP contribution in [0.2, 0.25) is 0 Å². The Hall–Kier alpha value is -1.97. The van der Waals surface area contributed by atoms with Gasteiger partial charge in [0.05, 0.1) is 19.0 Å². The predicted molar refractivity (Wildman–Crippen MR) is 111 cm³/mol. The quantitative estimate of drug-likeness (QED) is 0.109. The van der Waals surface area contributed by atoms with Crippen LogP contribution in [0.1, 0.15) is 19.6 Å². The zero-order chi connectivity index (χ0) is 25.5. The summed E-state index contributed by atoms with van der Waals surface area (Å²) in [6, 6.07) is 0. The second kappa shape index (κ2) is 9.24. The van der Waals surface area contributed by atoms with E-state index in [4.69, 9.17) is 30.3 Å². The molecule has 2 aromatic heterocycles. The smallest absolute Gasteiger partial charge is 0.390 e. The third kappa shape index (κ3) is 5.02. The predicted octanol–water partition coefficient (Wildman–Crippen LogP) is 0.538. The Labute approximate surface area is 189 Å². The minimum absolute atomic E-state index is 0.0491. The fraction of sp³-hybridized carbons (Fsp3) is 0.583. The Kier molecular flexibility index (Phi) is 7.24. The van der Waals surface area contributed by atoms with E-state index < -0.39 is 53.1 Å². The van der Waals surface area contributed by atoms with E-state index in [0.717, 1.165) is 0 Å². The maximum absolute atomic E-state index is 12.8. The lowest BCUT2D eigenvalue weighted by Crippen LogP contribution is -2.30. The minimum atomic E-state index is -5.80. The summed E-state index contributed by atoms with van der Waals surface area (Å²) in [5, 5.41) is 9.73. The average molecular weight is 544 g/mol. The molecule has 6 atom stereocenters. The molecule has 34 heavy (non-hydrogen) atoms. The molecule has 0 radical (unpaired) electrons. The largest absolute Gasteiger partial charge is 0.476 e. The normalized spacial score (nSPS) is 26.4. The van der Waals surface area contributed by atoms with Crippen molar-refractivity contribution in [1.82, 2.24) is 19.5 Å². The van der Waals surface area contributed by atoms with Crippen LogP contribution in [0, 0.1) is 0 Å². The number of phosphoric acid groups is 1. The van der Waals surface area contributed by atoms with Gasteiger partial charge in [-0.25, -0.2) is 23.8 Å². The van der Waals surface area contributed by atoms with E-state index in [1.54, 1.807) is 0 Å². The van der Waals surface area contributed by atoms with Gasteiger partial charge in [-0.2, -0.15) is 0 Å². The van der Waals surface area contributed by atoms with E-state index in [0.29, 0.717) is 6.92 Å². The van der Waals surface area contributed by atoms with Crippen LogP contribution in [0.3, 0.4) is 0 Å². The molecule has 2 aromatic rings. The fourth-order valence-electron chi connectivity index (χ4n) is 2.99. The zero-order valence-electron chi connectivity index (χ0n) is 17.0. The summed E-state index contributed by atoms with van der Waals surface area (Å²) in [5.74, 6) is 0.103. The van der Waals surface area contributed by atoms with Crippen LogP contribution in [0.5, 0.6) is 0 Å². The molecule has 1 saturated heterocycles. The van der Waals surface area contributed by atoms with Crippen LogP contribution < -0.4 is 5.73 Å². The molecule has 0 amide bonds. The van der Waals surface area contributed by atoms with E-state index in [2.05, 4.69) is 29.3 Å². The van der Waals surface area contributed by atoms with Gasteiger partial charge < -0.3 is 39.7 Å². The highest BCUT2D eigenvalue weighted by Gasteiger charge is 2.62. The molecule has 0 aromatic carbocycles. The zero-order valence-corrected chi connectivity index (χ0v) is 19.7. The fourth-order valence-corrected chi connectivity index (χ4v) is 7.44. The molecule has 188 valence electrons. The van der Waals surface area contributed by atoms with Crippen LogP contribution in [0.25, 0.3) is 21.6 Å². The Morgan fingerprint density at radius 2 is 1.97 bits per heavy atom. The molecular formula is C12H19N8O11P3. The van der Waals surface area contributed by atoms with Crippen molar-refractivity contribution in [2.75, 3.05) is 12.3 Å². The molecule has 0 spiro atoms. The monoisotopic (exact) mass is 544 g/mol. The number of nitrogens with two attached hydrogens (primary N) is 1. The van der Waals surface area contributed by atoms with Crippen molar-refractivity contribution in [3.05, 3.63) is 23.1 Å². The molecule has 1 aliphatic rings. The van der Waals surface area contributed by atoms with Gasteiger partial charge >= 0.3 is 23.0 Å². The number of aliphatic hydroxyl groups excluding tert-OH is 1. The molecule has 22 heteroatoms. The average Bonchev–Trinajstić information content (AvgIpc) is 3.28. The van der Waals surface area contributed by atoms with Crippen molar-refractivity contribution in [3.63, 3.8) is 0 Å².